The Kier molecular flexibility index (Phi) is 6.07. The van der Waals surface area contributed by atoms with Crippen molar-refractivity contribution in [1.29, 1.82) is 0 Å². The van der Waals surface area contributed by atoms with E-state index in [1.807, 2.05) is 6.07 Å². The molecule has 4 rings (SSSR count). The molecule has 0 radical (unpaired) electrons. The zero-order valence-corrected chi connectivity index (χ0v) is 17.6. The molecule has 0 fully saturated rings. The standard InChI is InChI=1S/C25H21NO6/c1-29-18-11-12-21-19(13-18)20(27)14-24(32-21)16-7-9-17(10-8-16)26-25(28)15-31-23-6-4-3-5-22(23)30-2/h3-14H,15H2,1-2H3,(H,26,28). The summed E-state index contributed by atoms with van der Waals surface area (Å²) in [5.74, 6) is 1.76. The highest BCUT2D eigenvalue weighted by molar-refractivity contribution is 5.92. The third-order valence-corrected chi connectivity index (χ3v) is 4.82. The molecular formula is C25H21NO6. The van der Waals surface area contributed by atoms with Gasteiger partial charge < -0.3 is 23.9 Å². The van der Waals surface area contributed by atoms with E-state index in [-0.39, 0.29) is 17.9 Å². The molecule has 0 atom stereocenters. The van der Waals surface area contributed by atoms with Crippen molar-refractivity contribution in [1.82, 2.24) is 0 Å². The van der Waals surface area contributed by atoms with E-state index in [1.165, 1.54) is 13.2 Å². The summed E-state index contributed by atoms with van der Waals surface area (Å²) >= 11 is 0. The summed E-state index contributed by atoms with van der Waals surface area (Å²) in [6, 6.07) is 20.6. The molecule has 0 aliphatic rings. The molecular weight excluding hydrogens is 410 g/mol. The molecule has 0 spiro atoms. The van der Waals surface area contributed by atoms with E-state index in [0.29, 0.717) is 45.2 Å². The number of nitrogens with one attached hydrogen (secondary N) is 1. The Hall–Kier alpha value is -4.26. The number of anilines is 1. The van der Waals surface area contributed by atoms with Gasteiger partial charge in [0, 0.05) is 17.3 Å². The number of amides is 1. The van der Waals surface area contributed by atoms with E-state index in [4.69, 9.17) is 18.6 Å². The first-order chi connectivity index (χ1) is 15.6. The number of para-hydroxylation sites is 2. The van der Waals surface area contributed by atoms with Gasteiger partial charge in [-0.05, 0) is 54.6 Å². The summed E-state index contributed by atoms with van der Waals surface area (Å²) in [5.41, 5.74) is 1.61. The van der Waals surface area contributed by atoms with Crippen molar-refractivity contribution in [2.75, 3.05) is 26.1 Å². The molecule has 3 aromatic carbocycles. The number of rotatable bonds is 7. The second-order valence-corrected chi connectivity index (χ2v) is 6.90. The lowest BCUT2D eigenvalue weighted by Crippen LogP contribution is -2.20. The number of hydrogen-bond donors (Lipinski definition) is 1. The zero-order chi connectivity index (χ0) is 22.5. The van der Waals surface area contributed by atoms with Crippen molar-refractivity contribution in [3.8, 4) is 28.6 Å². The van der Waals surface area contributed by atoms with Gasteiger partial charge in [-0.1, -0.05) is 12.1 Å². The van der Waals surface area contributed by atoms with Gasteiger partial charge in [-0.3, -0.25) is 9.59 Å². The van der Waals surface area contributed by atoms with Crippen LogP contribution in [0.2, 0.25) is 0 Å². The minimum atomic E-state index is -0.310. The van der Waals surface area contributed by atoms with Crippen LogP contribution in [0, 0.1) is 0 Å². The Labute approximate surface area is 184 Å². The average Bonchev–Trinajstić information content (AvgIpc) is 2.83. The molecule has 1 N–H and O–H groups in total. The number of carbonyl (C=O) groups is 1. The van der Waals surface area contributed by atoms with Crippen LogP contribution in [-0.4, -0.2) is 26.7 Å². The van der Waals surface area contributed by atoms with Crippen LogP contribution < -0.4 is 25.0 Å². The normalized spacial score (nSPS) is 10.6. The van der Waals surface area contributed by atoms with E-state index in [1.54, 1.807) is 67.8 Å². The lowest BCUT2D eigenvalue weighted by Gasteiger charge is -2.11. The van der Waals surface area contributed by atoms with Crippen molar-refractivity contribution in [3.63, 3.8) is 0 Å². The van der Waals surface area contributed by atoms with Crippen LogP contribution in [0.25, 0.3) is 22.3 Å². The molecule has 1 amide bonds. The van der Waals surface area contributed by atoms with Crippen molar-refractivity contribution in [2.45, 2.75) is 0 Å². The molecule has 7 nitrogen and oxygen atoms in total. The molecule has 1 heterocycles. The molecule has 0 unspecified atom stereocenters. The molecule has 4 aromatic rings. The summed E-state index contributed by atoms with van der Waals surface area (Å²) in [6.45, 7) is -0.162. The molecule has 162 valence electrons. The van der Waals surface area contributed by atoms with Gasteiger partial charge in [-0.15, -0.1) is 0 Å². The zero-order valence-electron chi connectivity index (χ0n) is 17.6. The first kappa shape index (κ1) is 21.0. The van der Waals surface area contributed by atoms with Crippen LogP contribution in [0.5, 0.6) is 17.2 Å². The second kappa shape index (κ2) is 9.26. The van der Waals surface area contributed by atoms with Gasteiger partial charge in [0.1, 0.15) is 17.1 Å². The van der Waals surface area contributed by atoms with Crippen LogP contribution >= 0.6 is 0 Å². The number of methoxy groups -OCH3 is 2. The summed E-state index contributed by atoms with van der Waals surface area (Å²) in [7, 11) is 3.08. The fourth-order valence-electron chi connectivity index (χ4n) is 3.20. The number of benzene rings is 3. The lowest BCUT2D eigenvalue weighted by atomic mass is 10.1. The largest absolute Gasteiger partial charge is 0.497 e. The third-order valence-electron chi connectivity index (χ3n) is 4.82. The maximum Gasteiger partial charge on any atom is 0.262 e. The van der Waals surface area contributed by atoms with Crippen molar-refractivity contribution >= 4 is 22.6 Å². The van der Waals surface area contributed by atoms with Gasteiger partial charge in [0.25, 0.3) is 5.91 Å². The van der Waals surface area contributed by atoms with E-state index in [2.05, 4.69) is 5.32 Å². The SMILES string of the molecule is COc1ccc2oc(-c3ccc(NC(=O)COc4ccccc4OC)cc3)cc(=O)c2c1. The van der Waals surface area contributed by atoms with Gasteiger partial charge in [0.15, 0.2) is 23.5 Å². The van der Waals surface area contributed by atoms with Crippen molar-refractivity contribution in [2.24, 2.45) is 0 Å². The van der Waals surface area contributed by atoms with Gasteiger partial charge in [0.2, 0.25) is 0 Å². The van der Waals surface area contributed by atoms with E-state index in [9.17, 15) is 9.59 Å². The molecule has 0 bridgehead atoms. The van der Waals surface area contributed by atoms with Crippen LogP contribution in [0.15, 0.2) is 82.0 Å². The quantitative estimate of drug-likeness (QED) is 0.464. The second-order valence-electron chi connectivity index (χ2n) is 6.90. The molecule has 0 aliphatic heterocycles. The summed E-state index contributed by atoms with van der Waals surface area (Å²) in [6.07, 6.45) is 0. The molecule has 32 heavy (non-hydrogen) atoms. The van der Waals surface area contributed by atoms with Crippen molar-refractivity contribution in [3.05, 3.63) is 83.0 Å². The molecule has 0 saturated heterocycles. The topological polar surface area (TPSA) is 87.0 Å². The predicted octanol–water partition coefficient (Wildman–Crippen LogP) is 4.49. The smallest absolute Gasteiger partial charge is 0.262 e. The predicted molar refractivity (Wildman–Crippen MR) is 122 cm³/mol. The summed E-state index contributed by atoms with van der Waals surface area (Å²) in [5, 5.41) is 3.22. The maximum atomic E-state index is 12.5. The number of carbonyl (C=O) groups excluding carboxylic acids is 1. The number of hydrogen-bond acceptors (Lipinski definition) is 6. The maximum absolute atomic E-state index is 12.5. The third kappa shape index (κ3) is 4.57. The Bertz CT molecular complexity index is 1310. The van der Waals surface area contributed by atoms with Crippen LogP contribution in [-0.2, 0) is 4.79 Å². The average molecular weight is 431 g/mol. The van der Waals surface area contributed by atoms with Crippen LogP contribution in [0.1, 0.15) is 0 Å². The van der Waals surface area contributed by atoms with Crippen molar-refractivity contribution < 1.29 is 23.4 Å². The van der Waals surface area contributed by atoms with Gasteiger partial charge in [0.05, 0.1) is 19.6 Å². The Morgan fingerprint density at radius 1 is 0.906 bits per heavy atom. The highest BCUT2D eigenvalue weighted by atomic mass is 16.5. The number of fused-ring (bicyclic) bond motifs is 1. The van der Waals surface area contributed by atoms with E-state index in [0.717, 1.165) is 0 Å². The minimum absolute atomic E-state index is 0.161. The Morgan fingerprint density at radius 3 is 2.38 bits per heavy atom. The Morgan fingerprint density at radius 2 is 1.66 bits per heavy atom. The van der Waals surface area contributed by atoms with E-state index < -0.39 is 0 Å². The lowest BCUT2D eigenvalue weighted by molar-refractivity contribution is -0.118. The monoisotopic (exact) mass is 431 g/mol. The Balaban J connectivity index is 1.45. The summed E-state index contributed by atoms with van der Waals surface area (Å²) in [4.78, 5) is 24.7. The minimum Gasteiger partial charge on any atom is -0.497 e. The fraction of sp³-hybridized carbons (Fsp3) is 0.120. The summed E-state index contributed by atoms with van der Waals surface area (Å²) < 4.78 is 21.8. The fourth-order valence-corrected chi connectivity index (χ4v) is 3.20. The van der Waals surface area contributed by atoms with Gasteiger partial charge in [-0.25, -0.2) is 0 Å². The van der Waals surface area contributed by atoms with Gasteiger partial charge in [-0.2, -0.15) is 0 Å². The molecule has 0 aliphatic carbocycles. The van der Waals surface area contributed by atoms with Crippen LogP contribution in [0.3, 0.4) is 0 Å². The molecule has 7 heteroatoms. The highest BCUT2D eigenvalue weighted by Crippen LogP contribution is 2.27. The molecule has 1 aromatic heterocycles. The first-order valence-corrected chi connectivity index (χ1v) is 9.85. The molecule has 0 saturated carbocycles. The van der Waals surface area contributed by atoms with E-state index >= 15 is 0 Å². The highest BCUT2D eigenvalue weighted by Gasteiger charge is 2.10. The first-order valence-electron chi connectivity index (χ1n) is 9.85. The number of ether oxygens (including phenoxy) is 3. The van der Waals surface area contributed by atoms with Crippen LogP contribution in [0.4, 0.5) is 5.69 Å². The van der Waals surface area contributed by atoms with Gasteiger partial charge >= 0.3 is 0 Å².